The van der Waals surface area contributed by atoms with E-state index in [1.54, 1.807) is 13.2 Å². The molecule has 1 fully saturated rings. The van der Waals surface area contributed by atoms with Gasteiger partial charge >= 0.3 is 23.5 Å². The molecular weight excluding hydrogens is 475 g/mol. The first kappa shape index (κ1) is 25.7. The van der Waals surface area contributed by atoms with E-state index >= 15 is 0 Å². The van der Waals surface area contributed by atoms with Gasteiger partial charge in [0.1, 0.15) is 24.0 Å². The van der Waals surface area contributed by atoms with E-state index in [4.69, 9.17) is 14.4 Å². The molecule has 0 saturated carbocycles. The number of nitrogens with zero attached hydrogens (tertiary/aromatic N) is 3. The summed E-state index contributed by atoms with van der Waals surface area (Å²) in [5.74, 6) is 0. The quantitative estimate of drug-likeness (QED) is 0.292. The molecule has 0 radical (unpaired) electrons. The molecule has 0 aromatic carbocycles. The van der Waals surface area contributed by atoms with E-state index in [1.807, 2.05) is 0 Å². The third-order valence-corrected chi connectivity index (χ3v) is 7.93. The van der Waals surface area contributed by atoms with Gasteiger partial charge in [-0.1, -0.05) is 5.21 Å². The molecular formula is C11H22N3O13P3. The molecule has 4 N–H and O–H groups in total. The lowest BCUT2D eigenvalue weighted by Crippen LogP contribution is -2.36. The Labute approximate surface area is 170 Å². The number of aliphatic hydroxyl groups is 1. The zero-order valence-corrected chi connectivity index (χ0v) is 18.6. The standard InChI is InChI=1S/C11H22N3O13P3/c1-7-10(15)11(23-5-8-4-14(2)13-12-8)9(25-7)6-24-29(18,19)27-30(20,21)26-28(16,17)22-3/h4,7,9-11,15H,5-6H2,1-3H3,(H,16,17)(H,18,19)(H,20,21)/t7-,9+,10+,11?/m0/s1. The molecule has 0 aliphatic carbocycles. The molecule has 1 aliphatic rings. The highest BCUT2D eigenvalue weighted by Crippen LogP contribution is 2.67. The van der Waals surface area contributed by atoms with Crippen LogP contribution >= 0.6 is 23.5 Å². The SMILES string of the molecule is COP(=O)(O)OP(=O)(O)OP(=O)(O)OC[C@H]1O[C@@H](C)[C@@H](O)C1OCc1cn(C)nn1. The van der Waals surface area contributed by atoms with Gasteiger partial charge in [-0.15, -0.1) is 5.10 Å². The normalized spacial score (nSPS) is 30.5. The van der Waals surface area contributed by atoms with E-state index in [-0.39, 0.29) is 6.61 Å². The van der Waals surface area contributed by atoms with Crippen molar-refractivity contribution in [3.8, 4) is 0 Å². The molecule has 1 aromatic heterocycles. The van der Waals surface area contributed by atoms with E-state index in [0.29, 0.717) is 12.8 Å². The maximum absolute atomic E-state index is 11.9. The third-order valence-electron chi connectivity index (χ3n) is 3.69. The van der Waals surface area contributed by atoms with Crippen LogP contribution < -0.4 is 0 Å². The number of phosphoric acid groups is 3. The zero-order valence-electron chi connectivity index (χ0n) is 15.9. The van der Waals surface area contributed by atoms with Gasteiger partial charge in [0.25, 0.3) is 0 Å². The molecule has 1 saturated heterocycles. The highest BCUT2D eigenvalue weighted by atomic mass is 31.3. The lowest BCUT2D eigenvalue weighted by Gasteiger charge is -2.22. The van der Waals surface area contributed by atoms with Crippen LogP contribution in [0.5, 0.6) is 0 Å². The topological polar surface area (TPSA) is 218 Å². The summed E-state index contributed by atoms with van der Waals surface area (Å²) in [7, 11) is -13.4. The molecule has 0 bridgehead atoms. The molecule has 2 heterocycles. The summed E-state index contributed by atoms with van der Waals surface area (Å²) in [6.07, 6.45) is -2.35. The van der Waals surface area contributed by atoms with E-state index in [2.05, 4.69) is 28.0 Å². The average molecular weight is 497 g/mol. The van der Waals surface area contributed by atoms with Crippen molar-refractivity contribution in [2.75, 3.05) is 13.7 Å². The van der Waals surface area contributed by atoms with Gasteiger partial charge in [-0.3, -0.25) is 13.7 Å². The summed E-state index contributed by atoms with van der Waals surface area (Å²) >= 11 is 0. The highest BCUT2D eigenvalue weighted by molar-refractivity contribution is 7.66. The summed E-state index contributed by atoms with van der Waals surface area (Å²) in [5.41, 5.74) is 0.449. The first-order chi connectivity index (χ1) is 13.7. The number of aliphatic hydroxyl groups excluding tert-OH is 1. The van der Waals surface area contributed by atoms with Crippen molar-refractivity contribution in [2.45, 2.75) is 37.9 Å². The first-order valence-corrected chi connectivity index (χ1v) is 12.6. The van der Waals surface area contributed by atoms with Crippen LogP contribution in [0.4, 0.5) is 0 Å². The van der Waals surface area contributed by atoms with Gasteiger partial charge in [0.2, 0.25) is 0 Å². The largest absolute Gasteiger partial charge is 0.490 e. The third kappa shape index (κ3) is 7.53. The number of phosphoric ester groups is 2. The predicted octanol–water partition coefficient (Wildman–Crippen LogP) is -0.154. The van der Waals surface area contributed by atoms with Crippen LogP contribution in [0, 0.1) is 0 Å². The van der Waals surface area contributed by atoms with Crippen LogP contribution in [-0.2, 0) is 54.5 Å². The van der Waals surface area contributed by atoms with Crippen LogP contribution in [0.1, 0.15) is 12.6 Å². The van der Waals surface area contributed by atoms with Crippen LogP contribution in [0.15, 0.2) is 6.20 Å². The molecule has 1 aliphatic heterocycles. The maximum atomic E-state index is 11.9. The van der Waals surface area contributed by atoms with Crippen molar-refractivity contribution in [1.29, 1.82) is 0 Å². The van der Waals surface area contributed by atoms with E-state index in [1.165, 1.54) is 11.6 Å². The Kier molecular flexibility index (Phi) is 8.50. The Balaban J connectivity index is 1.96. The lowest BCUT2D eigenvalue weighted by molar-refractivity contribution is -0.0611. The monoisotopic (exact) mass is 497 g/mol. The van der Waals surface area contributed by atoms with Gasteiger partial charge in [0, 0.05) is 14.2 Å². The summed E-state index contributed by atoms with van der Waals surface area (Å²) in [6.45, 7) is 0.761. The van der Waals surface area contributed by atoms with Crippen molar-refractivity contribution in [3.63, 3.8) is 0 Å². The van der Waals surface area contributed by atoms with Crippen molar-refractivity contribution in [1.82, 2.24) is 15.0 Å². The molecule has 0 amide bonds. The second-order valence-corrected chi connectivity index (χ2v) is 10.8. The Bertz CT molecular complexity index is 864. The summed E-state index contributed by atoms with van der Waals surface area (Å²) in [5, 5.41) is 17.7. The molecule has 30 heavy (non-hydrogen) atoms. The van der Waals surface area contributed by atoms with Gasteiger partial charge in [-0.25, -0.2) is 13.7 Å². The minimum atomic E-state index is -5.52. The summed E-state index contributed by atoms with van der Waals surface area (Å²) in [6, 6.07) is 0. The average Bonchev–Trinajstić information content (AvgIpc) is 3.13. The van der Waals surface area contributed by atoms with Gasteiger partial charge in [0.15, 0.2) is 0 Å². The van der Waals surface area contributed by atoms with Gasteiger partial charge in [-0.2, -0.15) is 8.62 Å². The van der Waals surface area contributed by atoms with Crippen LogP contribution in [0.2, 0.25) is 0 Å². The van der Waals surface area contributed by atoms with Gasteiger partial charge in [0.05, 0.1) is 25.5 Å². The zero-order chi connectivity index (χ0) is 22.7. The second-order valence-electron chi connectivity index (χ2n) is 6.08. The molecule has 4 unspecified atom stereocenters. The molecule has 7 atom stereocenters. The molecule has 1 aromatic rings. The Morgan fingerprint density at radius 2 is 1.80 bits per heavy atom. The number of ether oxygens (including phenoxy) is 2. The number of aromatic nitrogens is 3. The number of aryl methyl sites for hydroxylation is 1. The first-order valence-electron chi connectivity index (χ1n) is 8.15. The maximum Gasteiger partial charge on any atom is 0.490 e. The highest BCUT2D eigenvalue weighted by Gasteiger charge is 2.46. The van der Waals surface area contributed by atoms with E-state index in [0.717, 1.165) is 0 Å². The van der Waals surface area contributed by atoms with Gasteiger partial charge in [-0.05, 0) is 6.92 Å². The van der Waals surface area contributed by atoms with Crippen LogP contribution in [0.25, 0.3) is 0 Å². The second kappa shape index (κ2) is 9.92. The molecule has 2 rings (SSSR count). The van der Waals surface area contributed by atoms with Crippen molar-refractivity contribution < 1.29 is 60.6 Å². The Morgan fingerprint density at radius 1 is 1.17 bits per heavy atom. The minimum absolute atomic E-state index is 0.0576. The Morgan fingerprint density at radius 3 is 2.37 bits per heavy atom. The van der Waals surface area contributed by atoms with Crippen molar-refractivity contribution in [2.24, 2.45) is 7.05 Å². The van der Waals surface area contributed by atoms with Crippen LogP contribution in [0.3, 0.4) is 0 Å². The summed E-state index contributed by atoms with van der Waals surface area (Å²) < 4.78 is 63.3. The van der Waals surface area contributed by atoms with Crippen LogP contribution in [-0.4, -0.2) is 72.9 Å². The van der Waals surface area contributed by atoms with E-state index < -0.39 is 54.5 Å². The fourth-order valence-corrected chi connectivity index (χ4v) is 5.67. The van der Waals surface area contributed by atoms with Gasteiger partial charge < -0.3 is 29.3 Å². The molecule has 174 valence electrons. The molecule has 16 nitrogen and oxygen atoms in total. The van der Waals surface area contributed by atoms with Crippen molar-refractivity contribution in [3.05, 3.63) is 11.9 Å². The summed E-state index contributed by atoms with van der Waals surface area (Å²) in [4.78, 5) is 28.0. The predicted molar refractivity (Wildman–Crippen MR) is 94.5 cm³/mol. The minimum Gasteiger partial charge on any atom is -0.388 e. The fourth-order valence-electron chi connectivity index (χ4n) is 2.40. The number of hydrogen-bond donors (Lipinski definition) is 4. The molecule has 19 heteroatoms. The lowest BCUT2D eigenvalue weighted by atomic mass is 10.1. The molecule has 0 spiro atoms. The number of hydrogen-bond acceptors (Lipinski definition) is 12. The van der Waals surface area contributed by atoms with Crippen molar-refractivity contribution >= 4 is 23.5 Å². The number of rotatable bonds is 11. The Hall–Kier alpha value is -0.570. The smallest absolute Gasteiger partial charge is 0.388 e. The van der Waals surface area contributed by atoms with E-state index in [9.17, 15) is 28.6 Å². The fraction of sp³-hybridized carbons (Fsp3) is 0.818.